The van der Waals surface area contributed by atoms with Crippen LogP contribution in [0.4, 0.5) is 0 Å². The molecule has 0 aliphatic carbocycles. The highest BCUT2D eigenvalue weighted by Gasteiger charge is 2.37. The van der Waals surface area contributed by atoms with E-state index in [1.54, 1.807) is 0 Å². The van der Waals surface area contributed by atoms with Gasteiger partial charge in [-0.3, -0.25) is 0 Å². The van der Waals surface area contributed by atoms with Crippen LogP contribution in [0.1, 0.15) is 25.8 Å². The van der Waals surface area contributed by atoms with E-state index in [4.69, 9.17) is 4.74 Å². The van der Waals surface area contributed by atoms with Crippen LogP contribution in [0, 0.1) is 0 Å². The van der Waals surface area contributed by atoms with Crippen LogP contribution in [0.2, 0.25) is 0 Å². The third kappa shape index (κ3) is 3.53. The lowest BCUT2D eigenvalue weighted by atomic mass is 10.0. The lowest BCUT2D eigenvalue weighted by Gasteiger charge is -2.39. The molecule has 0 radical (unpaired) electrons. The predicted octanol–water partition coefficient (Wildman–Crippen LogP) is 1.22. The van der Waals surface area contributed by atoms with Gasteiger partial charge in [0, 0.05) is 13.1 Å². The summed E-state index contributed by atoms with van der Waals surface area (Å²) in [7, 11) is 0. The van der Waals surface area contributed by atoms with Crippen molar-refractivity contribution in [2.45, 2.75) is 32.4 Å². The lowest BCUT2D eigenvalue weighted by Crippen LogP contribution is -2.63. The van der Waals surface area contributed by atoms with Gasteiger partial charge in [0.05, 0.1) is 0 Å². The normalized spacial score (nSPS) is 17.2. The van der Waals surface area contributed by atoms with Gasteiger partial charge in [0.25, 0.3) is 0 Å². The van der Waals surface area contributed by atoms with Crippen LogP contribution in [0.15, 0.2) is 30.3 Å². The zero-order valence-electron chi connectivity index (χ0n) is 11.5. The molecular formula is C14H21N3O2. The third-order valence-electron chi connectivity index (χ3n) is 3.28. The highest BCUT2D eigenvalue weighted by molar-refractivity contribution is 5.79. The van der Waals surface area contributed by atoms with Crippen molar-refractivity contribution in [1.82, 2.24) is 16.0 Å². The van der Waals surface area contributed by atoms with Crippen LogP contribution in [-0.4, -0.2) is 29.6 Å². The van der Waals surface area contributed by atoms with E-state index in [-0.39, 0.29) is 5.97 Å². The molecule has 1 aliphatic rings. The fraction of sp³-hybridized carbons (Fsp3) is 0.500. The van der Waals surface area contributed by atoms with Crippen LogP contribution in [-0.2, 0) is 16.1 Å². The third-order valence-corrected chi connectivity index (χ3v) is 3.28. The van der Waals surface area contributed by atoms with Gasteiger partial charge in [-0.15, -0.1) is 0 Å². The summed E-state index contributed by atoms with van der Waals surface area (Å²) in [4.78, 5) is 12.2. The Labute approximate surface area is 113 Å². The maximum absolute atomic E-state index is 12.2. The molecule has 0 spiro atoms. The molecule has 1 heterocycles. The van der Waals surface area contributed by atoms with Crippen molar-refractivity contribution in [3.8, 4) is 0 Å². The Morgan fingerprint density at radius 1 is 1.37 bits per heavy atom. The van der Waals surface area contributed by atoms with Crippen molar-refractivity contribution in [1.29, 1.82) is 0 Å². The topological polar surface area (TPSA) is 53.6 Å². The van der Waals surface area contributed by atoms with Crippen molar-refractivity contribution < 1.29 is 9.53 Å². The van der Waals surface area contributed by atoms with Gasteiger partial charge in [-0.05, 0) is 25.8 Å². The van der Waals surface area contributed by atoms with E-state index in [1.807, 2.05) is 49.2 Å². The van der Waals surface area contributed by atoms with Crippen LogP contribution >= 0.6 is 0 Å². The number of esters is 1. The molecule has 2 N–H and O–H groups in total. The lowest BCUT2D eigenvalue weighted by molar-refractivity contribution is -0.162. The van der Waals surface area contributed by atoms with Crippen LogP contribution < -0.4 is 11.0 Å². The van der Waals surface area contributed by atoms with Crippen molar-refractivity contribution in [2.24, 2.45) is 0 Å². The van der Waals surface area contributed by atoms with Gasteiger partial charge in [-0.25, -0.2) is 15.2 Å². The van der Waals surface area contributed by atoms with Gasteiger partial charge in [0.2, 0.25) is 0 Å². The maximum atomic E-state index is 12.2. The highest BCUT2D eigenvalue weighted by atomic mass is 16.5. The van der Waals surface area contributed by atoms with E-state index in [0.29, 0.717) is 6.61 Å². The van der Waals surface area contributed by atoms with Crippen molar-refractivity contribution in [2.75, 3.05) is 13.1 Å². The number of ether oxygens (including phenoxy) is 1. The second kappa shape index (κ2) is 6.14. The van der Waals surface area contributed by atoms with Crippen LogP contribution in [0.3, 0.4) is 0 Å². The maximum Gasteiger partial charge on any atom is 0.327 e. The quantitative estimate of drug-likeness (QED) is 0.800. The van der Waals surface area contributed by atoms with Gasteiger partial charge in [-0.1, -0.05) is 30.3 Å². The molecule has 104 valence electrons. The van der Waals surface area contributed by atoms with Gasteiger partial charge in [-0.2, -0.15) is 5.53 Å². The van der Waals surface area contributed by atoms with Gasteiger partial charge < -0.3 is 4.74 Å². The van der Waals surface area contributed by atoms with Crippen molar-refractivity contribution >= 4 is 5.97 Å². The molecule has 0 amide bonds. The molecular weight excluding hydrogens is 242 g/mol. The minimum Gasteiger partial charge on any atom is -0.459 e. The Kier molecular flexibility index (Phi) is 4.52. The molecule has 5 heteroatoms. The van der Waals surface area contributed by atoms with Crippen LogP contribution in [0.5, 0.6) is 0 Å². The van der Waals surface area contributed by atoms with E-state index >= 15 is 0 Å². The van der Waals surface area contributed by atoms with E-state index < -0.39 is 5.54 Å². The molecule has 5 nitrogen and oxygen atoms in total. The molecule has 0 bridgehead atoms. The molecule has 0 aromatic heterocycles. The summed E-state index contributed by atoms with van der Waals surface area (Å²) in [6.07, 6.45) is 1.00. The molecule has 1 aromatic rings. The first kappa shape index (κ1) is 14.0. The molecule has 19 heavy (non-hydrogen) atoms. The second-order valence-corrected chi connectivity index (χ2v) is 5.16. The average Bonchev–Trinajstić information content (AvgIpc) is 2.46. The Balaban J connectivity index is 1.90. The Morgan fingerprint density at radius 3 is 2.74 bits per heavy atom. The van der Waals surface area contributed by atoms with Crippen molar-refractivity contribution in [3.05, 3.63) is 35.9 Å². The number of nitrogens with one attached hydrogen (secondary N) is 2. The van der Waals surface area contributed by atoms with Gasteiger partial charge in [0.15, 0.2) is 0 Å². The number of hydrogen-bond acceptors (Lipinski definition) is 5. The van der Waals surface area contributed by atoms with Crippen molar-refractivity contribution in [3.63, 3.8) is 0 Å². The molecule has 0 unspecified atom stereocenters. The van der Waals surface area contributed by atoms with E-state index in [9.17, 15) is 4.79 Å². The summed E-state index contributed by atoms with van der Waals surface area (Å²) in [5, 5.41) is 1.88. The first-order valence-corrected chi connectivity index (χ1v) is 6.58. The summed E-state index contributed by atoms with van der Waals surface area (Å²) in [5.74, 6) is -0.229. The van der Waals surface area contributed by atoms with Gasteiger partial charge >= 0.3 is 5.97 Å². The number of carbonyl (C=O) groups excluding carboxylic acids is 1. The average molecular weight is 263 g/mol. The molecule has 0 saturated carbocycles. The Bertz CT molecular complexity index is 414. The molecule has 1 aliphatic heterocycles. The smallest absolute Gasteiger partial charge is 0.327 e. The molecule has 2 rings (SSSR count). The zero-order valence-corrected chi connectivity index (χ0v) is 11.5. The predicted molar refractivity (Wildman–Crippen MR) is 72.8 cm³/mol. The molecule has 0 atom stereocenters. The monoisotopic (exact) mass is 263 g/mol. The number of hydrogen-bond donors (Lipinski definition) is 2. The Hall–Kier alpha value is -1.43. The number of benzene rings is 1. The molecule has 1 aromatic carbocycles. The molecule has 1 saturated heterocycles. The number of rotatable bonds is 4. The molecule has 1 fully saturated rings. The van der Waals surface area contributed by atoms with E-state index in [2.05, 4.69) is 11.0 Å². The number of hydrazine groups is 2. The van der Waals surface area contributed by atoms with E-state index in [1.165, 1.54) is 0 Å². The Morgan fingerprint density at radius 2 is 2.11 bits per heavy atom. The summed E-state index contributed by atoms with van der Waals surface area (Å²) < 4.78 is 5.40. The summed E-state index contributed by atoms with van der Waals surface area (Å²) >= 11 is 0. The van der Waals surface area contributed by atoms with Gasteiger partial charge in [0.1, 0.15) is 12.1 Å². The SMILES string of the molecule is CC(C)(C(=O)OCc1ccccc1)N1CCCNN1. The number of nitrogens with zero attached hydrogens (tertiary/aromatic N) is 1. The standard InChI is InChI=1S/C14H21N3O2/c1-14(2,17-10-6-9-15-16-17)13(18)19-11-12-7-4-3-5-8-12/h3-5,7-8,15-16H,6,9-11H2,1-2H3. The first-order valence-electron chi connectivity index (χ1n) is 6.58. The largest absolute Gasteiger partial charge is 0.459 e. The zero-order chi connectivity index (χ0) is 13.7. The fourth-order valence-corrected chi connectivity index (χ4v) is 1.96. The fourth-order valence-electron chi connectivity index (χ4n) is 1.96. The highest BCUT2D eigenvalue weighted by Crippen LogP contribution is 2.16. The van der Waals surface area contributed by atoms with Crippen LogP contribution in [0.25, 0.3) is 0 Å². The first-order chi connectivity index (χ1) is 9.10. The second-order valence-electron chi connectivity index (χ2n) is 5.16. The summed E-state index contributed by atoms with van der Waals surface area (Å²) in [6.45, 7) is 5.76. The number of carbonyl (C=O) groups is 1. The minimum absolute atomic E-state index is 0.229. The summed E-state index contributed by atoms with van der Waals surface area (Å²) in [6, 6.07) is 9.70. The minimum atomic E-state index is -0.692. The summed E-state index contributed by atoms with van der Waals surface area (Å²) in [5.41, 5.74) is 6.36. The van der Waals surface area contributed by atoms with E-state index in [0.717, 1.165) is 25.1 Å².